The Morgan fingerprint density at radius 3 is 2.88 bits per heavy atom. The SMILES string of the molecule is Nc1n[nH]c(C2CCCO2)c1-c1ccncc1. The first-order chi connectivity index (χ1) is 8.36. The normalized spacial score (nSPS) is 19.6. The van der Waals surface area contributed by atoms with Crippen molar-refractivity contribution < 1.29 is 4.74 Å². The van der Waals surface area contributed by atoms with Crippen molar-refractivity contribution in [2.45, 2.75) is 18.9 Å². The van der Waals surface area contributed by atoms with Crippen molar-refractivity contribution >= 4 is 5.82 Å². The number of aromatic amines is 1. The number of hydrogen-bond acceptors (Lipinski definition) is 4. The molecule has 3 heterocycles. The van der Waals surface area contributed by atoms with Gasteiger partial charge in [-0.2, -0.15) is 5.10 Å². The third-order valence-corrected chi connectivity index (χ3v) is 3.04. The van der Waals surface area contributed by atoms with Crippen molar-refractivity contribution in [1.29, 1.82) is 0 Å². The van der Waals surface area contributed by atoms with Crippen LogP contribution in [0.2, 0.25) is 0 Å². The molecule has 0 radical (unpaired) electrons. The molecule has 1 atom stereocenters. The van der Waals surface area contributed by atoms with Crippen molar-refractivity contribution in [3.63, 3.8) is 0 Å². The molecule has 88 valence electrons. The number of anilines is 1. The lowest BCUT2D eigenvalue weighted by molar-refractivity contribution is 0.109. The Morgan fingerprint density at radius 2 is 2.18 bits per heavy atom. The van der Waals surface area contributed by atoms with Crippen LogP contribution in [0.1, 0.15) is 24.6 Å². The Hall–Kier alpha value is -1.88. The zero-order valence-electron chi connectivity index (χ0n) is 9.39. The van der Waals surface area contributed by atoms with Gasteiger partial charge in [0.05, 0.1) is 11.8 Å². The summed E-state index contributed by atoms with van der Waals surface area (Å²) in [6.07, 6.45) is 5.68. The summed E-state index contributed by atoms with van der Waals surface area (Å²) in [5.74, 6) is 0.515. The molecule has 0 aromatic carbocycles. The number of H-pyrrole nitrogens is 1. The molecule has 0 saturated carbocycles. The minimum absolute atomic E-state index is 0.0861. The first kappa shape index (κ1) is 10.3. The molecule has 0 aliphatic carbocycles. The van der Waals surface area contributed by atoms with Gasteiger partial charge >= 0.3 is 0 Å². The molecule has 1 aliphatic heterocycles. The average molecular weight is 230 g/mol. The lowest BCUT2D eigenvalue weighted by atomic mass is 10.0. The highest BCUT2D eigenvalue weighted by Gasteiger charge is 2.24. The number of rotatable bonds is 2. The number of aromatic nitrogens is 3. The van der Waals surface area contributed by atoms with E-state index in [0.717, 1.165) is 36.3 Å². The van der Waals surface area contributed by atoms with Crippen LogP contribution in [-0.2, 0) is 4.74 Å². The first-order valence-corrected chi connectivity index (χ1v) is 5.72. The standard InChI is InChI=1S/C12H14N4O/c13-12-10(8-3-5-14-6-4-8)11(15-16-12)9-2-1-7-17-9/h3-6,9H,1-2,7H2,(H3,13,15,16). The monoisotopic (exact) mass is 230 g/mol. The number of nitrogen functional groups attached to an aromatic ring is 1. The number of nitrogens with one attached hydrogen (secondary N) is 1. The molecule has 1 saturated heterocycles. The van der Waals surface area contributed by atoms with E-state index in [1.165, 1.54) is 0 Å². The summed E-state index contributed by atoms with van der Waals surface area (Å²) in [6.45, 7) is 0.805. The second kappa shape index (κ2) is 4.18. The van der Waals surface area contributed by atoms with E-state index < -0.39 is 0 Å². The fourth-order valence-electron chi connectivity index (χ4n) is 2.23. The van der Waals surface area contributed by atoms with E-state index in [1.54, 1.807) is 12.4 Å². The van der Waals surface area contributed by atoms with Crippen LogP contribution < -0.4 is 5.73 Å². The summed E-state index contributed by atoms with van der Waals surface area (Å²) in [7, 11) is 0. The molecule has 0 bridgehead atoms. The van der Waals surface area contributed by atoms with E-state index in [1.807, 2.05) is 12.1 Å². The molecule has 5 heteroatoms. The lowest BCUT2D eigenvalue weighted by Gasteiger charge is -2.10. The summed E-state index contributed by atoms with van der Waals surface area (Å²) in [5, 5.41) is 7.08. The van der Waals surface area contributed by atoms with Crippen molar-refractivity contribution in [1.82, 2.24) is 15.2 Å². The molecule has 2 aromatic rings. The van der Waals surface area contributed by atoms with Gasteiger partial charge in [0.25, 0.3) is 0 Å². The van der Waals surface area contributed by atoms with E-state index in [4.69, 9.17) is 10.5 Å². The van der Waals surface area contributed by atoms with Gasteiger partial charge in [0.1, 0.15) is 0 Å². The second-order valence-electron chi connectivity index (χ2n) is 4.14. The van der Waals surface area contributed by atoms with Gasteiger partial charge in [-0.3, -0.25) is 10.1 Å². The molecule has 3 N–H and O–H groups in total. The molecule has 0 spiro atoms. The minimum atomic E-state index is 0.0861. The molecule has 5 nitrogen and oxygen atoms in total. The lowest BCUT2D eigenvalue weighted by Crippen LogP contribution is -1.99. The zero-order chi connectivity index (χ0) is 11.7. The zero-order valence-corrected chi connectivity index (χ0v) is 9.39. The van der Waals surface area contributed by atoms with Gasteiger partial charge < -0.3 is 10.5 Å². The highest BCUT2D eigenvalue weighted by molar-refractivity contribution is 5.76. The quantitative estimate of drug-likeness (QED) is 0.826. The maximum atomic E-state index is 5.92. The summed E-state index contributed by atoms with van der Waals surface area (Å²) < 4.78 is 5.67. The van der Waals surface area contributed by atoms with Gasteiger partial charge in [-0.15, -0.1) is 0 Å². The number of hydrogen-bond donors (Lipinski definition) is 2. The molecule has 1 fully saturated rings. The third-order valence-electron chi connectivity index (χ3n) is 3.04. The van der Waals surface area contributed by atoms with E-state index in [9.17, 15) is 0 Å². The predicted octanol–water partition coefficient (Wildman–Crippen LogP) is 1.91. The first-order valence-electron chi connectivity index (χ1n) is 5.72. The van der Waals surface area contributed by atoms with Crippen LogP contribution in [0, 0.1) is 0 Å². The van der Waals surface area contributed by atoms with Gasteiger partial charge in [0.15, 0.2) is 5.82 Å². The van der Waals surface area contributed by atoms with Crippen molar-refractivity contribution in [3.05, 3.63) is 30.2 Å². The van der Waals surface area contributed by atoms with Gasteiger partial charge in [-0.25, -0.2) is 0 Å². The molecule has 2 aromatic heterocycles. The number of nitrogens with zero attached hydrogens (tertiary/aromatic N) is 2. The number of nitrogens with two attached hydrogens (primary N) is 1. The van der Waals surface area contributed by atoms with Crippen molar-refractivity contribution in [3.8, 4) is 11.1 Å². The predicted molar refractivity (Wildman–Crippen MR) is 64.2 cm³/mol. The Kier molecular flexibility index (Phi) is 2.53. The highest BCUT2D eigenvalue weighted by atomic mass is 16.5. The summed E-state index contributed by atoms with van der Waals surface area (Å²) in [5.41, 5.74) is 8.87. The average Bonchev–Trinajstić information content (AvgIpc) is 2.98. The minimum Gasteiger partial charge on any atom is -0.382 e. The maximum Gasteiger partial charge on any atom is 0.153 e. The Morgan fingerprint density at radius 1 is 1.35 bits per heavy atom. The molecule has 3 rings (SSSR count). The Bertz CT molecular complexity index is 502. The van der Waals surface area contributed by atoms with E-state index in [0.29, 0.717) is 5.82 Å². The van der Waals surface area contributed by atoms with Gasteiger partial charge in [-0.1, -0.05) is 0 Å². The van der Waals surface area contributed by atoms with Crippen LogP contribution in [0.4, 0.5) is 5.82 Å². The number of pyridine rings is 1. The van der Waals surface area contributed by atoms with Gasteiger partial charge in [0.2, 0.25) is 0 Å². The van der Waals surface area contributed by atoms with Crippen molar-refractivity contribution in [2.75, 3.05) is 12.3 Å². The molecule has 0 amide bonds. The van der Waals surface area contributed by atoms with Crippen LogP contribution in [0.15, 0.2) is 24.5 Å². The van der Waals surface area contributed by atoms with Crippen LogP contribution in [0.25, 0.3) is 11.1 Å². The van der Waals surface area contributed by atoms with Crippen LogP contribution in [-0.4, -0.2) is 21.8 Å². The van der Waals surface area contributed by atoms with Crippen LogP contribution in [0.5, 0.6) is 0 Å². The van der Waals surface area contributed by atoms with E-state index in [-0.39, 0.29) is 6.10 Å². The molecule has 17 heavy (non-hydrogen) atoms. The second-order valence-corrected chi connectivity index (χ2v) is 4.14. The van der Waals surface area contributed by atoms with E-state index in [2.05, 4.69) is 15.2 Å². The highest BCUT2D eigenvalue weighted by Crippen LogP contribution is 2.36. The summed E-state index contributed by atoms with van der Waals surface area (Å²) in [6, 6.07) is 3.86. The third kappa shape index (κ3) is 1.78. The Balaban J connectivity index is 2.06. The van der Waals surface area contributed by atoms with Crippen LogP contribution >= 0.6 is 0 Å². The number of ether oxygens (including phenoxy) is 1. The van der Waals surface area contributed by atoms with Gasteiger partial charge in [-0.05, 0) is 30.5 Å². The van der Waals surface area contributed by atoms with Crippen LogP contribution in [0.3, 0.4) is 0 Å². The molecular formula is C12H14N4O. The van der Waals surface area contributed by atoms with Gasteiger partial charge in [0, 0.05) is 24.6 Å². The van der Waals surface area contributed by atoms with Crippen molar-refractivity contribution in [2.24, 2.45) is 0 Å². The van der Waals surface area contributed by atoms with E-state index >= 15 is 0 Å². The summed E-state index contributed by atoms with van der Waals surface area (Å²) in [4.78, 5) is 4.01. The fourth-order valence-corrected chi connectivity index (χ4v) is 2.23. The smallest absolute Gasteiger partial charge is 0.153 e. The summed E-state index contributed by atoms with van der Waals surface area (Å²) >= 11 is 0. The topological polar surface area (TPSA) is 76.8 Å². The largest absolute Gasteiger partial charge is 0.382 e. The molecule has 1 aliphatic rings. The molecule has 1 unspecified atom stereocenters. The Labute approximate surface area is 99.0 Å². The maximum absolute atomic E-state index is 5.92. The molecular weight excluding hydrogens is 216 g/mol. The fraction of sp³-hybridized carbons (Fsp3) is 0.333.